The highest BCUT2D eigenvalue weighted by molar-refractivity contribution is 5.79. The number of rotatable bonds is 2. The van der Waals surface area contributed by atoms with Crippen molar-refractivity contribution in [1.29, 1.82) is 5.26 Å². The number of allylic oxidation sites excluding steroid dienone is 1. The molecule has 0 spiro atoms. The average Bonchev–Trinajstić information content (AvgIpc) is 2.07. The molecule has 0 aliphatic carbocycles. The average molecular weight is 148 g/mol. The summed E-state index contributed by atoms with van der Waals surface area (Å²) in [6.45, 7) is 2.97. The van der Waals surface area contributed by atoms with Gasteiger partial charge in [-0.1, -0.05) is 13.0 Å². The molecule has 2 heteroatoms. The van der Waals surface area contributed by atoms with Crippen LogP contribution >= 0.6 is 0 Å². The van der Waals surface area contributed by atoms with Crippen molar-refractivity contribution >= 4 is 6.21 Å². The standard InChI is InChI=1S/C9H12N2/c1-8(4-5-10)9-3-2-6-11-7-9/h3,7-8H,2,4,6H2,1H3. The molecule has 1 aliphatic rings. The lowest BCUT2D eigenvalue weighted by Gasteiger charge is -2.10. The van der Waals surface area contributed by atoms with Crippen LogP contribution in [0, 0.1) is 17.2 Å². The molecular formula is C9H12N2. The van der Waals surface area contributed by atoms with E-state index in [0.717, 1.165) is 13.0 Å². The van der Waals surface area contributed by atoms with E-state index < -0.39 is 0 Å². The first kappa shape index (κ1) is 8.00. The molecule has 0 aromatic rings. The Morgan fingerprint density at radius 2 is 2.64 bits per heavy atom. The highest BCUT2D eigenvalue weighted by Crippen LogP contribution is 2.14. The summed E-state index contributed by atoms with van der Waals surface area (Å²) < 4.78 is 0. The van der Waals surface area contributed by atoms with Gasteiger partial charge < -0.3 is 0 Å². The molecule has 2 nitrogen and oxygen atoms in total. The zero-order valence-corrected chi connectivity index (χ0v) is 6.75. The maximum atomic E-state index is 8.45. The molecule has 0 aromatic carbocycles. The van der Waals surface area contributed by atoms with Crippen LogP contribution in [0.1, 0.15) is 19.8 Å². The molecule has 1 aliphatic heterocycles. The van der Waals surface area contributed by atoms with Crippen LogP contribution in [0.25, 0.3) is 0 Å². The Morgan fingerprint density at radius 3 is 3.18 bits per heavy atom. The SMILES string of the molecule is CC(CC#N)C1=CCCN=C1. The van der Waals surface area contributed by atoms with Gasteiger partial charge in [0.05, 0.1) is 6.07 Å². The first-order valence-corrected chi connectivity index (χ1v) is 3.91. The quantitative estimate of drug-likeness (QED) is 0.589. The molecular weight excluding hydrogens is 136 g/mol. The van der Waals surface area contributed by atoms with Crippen molar-refractivity contribution in [2.24, 2.45) is 10.9 Å². The van der Waals surface area contributed by atoms with E-state index in [1.165, 1.54) is 5.57 Å². The zero-order valence-electron chi connectivity index (χ0n) is 6.75. The largest absolute Gasteiger partial charge is 0.293 e. The van der Waals surface area contributed by atoms with E-state index in [0.29, 0.717) is 12.3 Å². The van der Waals surface area contributed by atoms with Gasteiger partial charge in [-0.25, -0.2) is 0 Å². The van der Waals surface area contributed by atoms with Crippen LogP contribution in [0.4, 0.5) is 0 Å². The van der Waals surface area contributed by atoms with Gasteiger partial charge >= 0.3 is 0 Å². The summed E-state index contributed by atoms with van der Waals surface area (Å²) in [5.74, 6) is 0.351. The van der Waals surface area contributed by atoms with E-state index >= 15 is 0 Å². The van der Waals surface area contributed by atoms with Gasteiger partial charge in [-0.05, 0) is 17.9 Å². The van der Waals surface area contributed by atoms with E-state index in [1.54, 1.807) is 0 Å². The van der Waals surface area contributed by atoms with Gasteiger partial charge in [-0.15, -0.1) is 0 Å². The number of hydrogen-bond acceptors (Lipinski definition) is 2. The molecule has 1 heterocycles. The molecule has 0 bridgehead atoms. The summed E-state index contributed by atoms with van der Waals surface area (Å²) in [6, 6.07) is 2.16. The number of hydrogen-bond donors (Lipinski definition) is 0. The normalized spacial score (nSPS) is 18.7. The molecule has 0 aromatic heterocycles. The molecule has 0 amide bonds. The number of aliphatic imine (C=N–C) groups is 1. The van der Waals surface area contributed by atoms with Crippen LogP contribution < -0.4 is 0 Å². The molecule has 0 radical (unpaired) electrons. The van der Waals surface area contributed by atoms with Crippen molar-refractivity contribution < 1.29 is 0 Å². The Balaban J connectivity index is 2.53. The minimum absolute atomic E-state index is 0.351. The maximum Gasteiger partial charge on any atom is 0.0628 e. The summed E-state index contributed by atoms with van der Waals surface area (Å²) in [6.07, 6.45) is 5.69. The minimum atomic E-state index is 0.351. The third-order valence-corrected chi connectivity index (χ3v) is 1.85. The van der Waals surface area contributed by atoms with Gasteiger partial charge in [-0.3, -0.25) is 4.99 Å². The van der Waals surface area contributed by atoms with E-state index in [9.17, 15) is 0 Å². The molecule has 1 rings (SSSR count). The van der Waals surface area contributed by atoms with E-state index in [1.807, 2.05) is 6.21 Å². The number of nitrogens with zero attached hydrogens (tertiary/aromatic N) is 2. The lowest BCUT2D eigenvalue weighted by Crippen LogP contribution is -2.03. The van der Waals surface area contributed by atoms with Gasteiger partial charge in [-0.2, -0.15) is 5.26 Å². The van der Waals surface area contributed by atoms with Crippen molar-refractivity contribution in [2.45, 2.75) is 19.8 Å². The molecule has 11 heavy (non-hydrogen) atoms. The summed E-state index contributed by atoms with van der Waals surface area (Å²) in [5.41, 5.74) is 1.22. The fourth-order valence-corrected chi connectivity index (χ4v) is 1.11. The predicted molar refractivity (Wildman–Crippen MR) is 45.5 cm³/mol. The Labute approximate surface area is 67.3 Å². The Morgan fingerprint density at radius 1 is 1.82 bits per heavy atom. The molecule has 58 valence electrons. The van der Waals surface area contributed by atoms with E-state index in [-0.39, 0.29) is 0 Å². The third kappa shape index (κ3) is 2.19. The van der Waals surface area contributed by atoms with E-state index in [2.05, 4.69) is 24.1 Å². The fraction of sp³-hybridized carbons (Fsp3) is 0.556. The number of dihydropyridines is 1. The Kier molecular flexibility index (Phi) is 2.85. The smallest absolute Gasteiger partial charge is 0.0628 e. The summed E-state index contributed by atoms with van der Waals surface area (Å²) in [4.78, 5) is 4.16. The van der Waals surface area contributed by atoms with Gasteiger partial charge in [0.1, 0.15) is 0 Å². The lowest BCUT2D eigenvalue weighted by atomic mass is 9.97. The van der Waals surface area contributed by atoms with Crippen molar-refractivity contribution in [3.63, 3.8) is 0 Å². The van der Waals surface area contributed by atoms with Crippen molar-refractivity contribution in [1.82, 2.24) is 0 Å². The highest BCUT2D eigenvalue weighted by atomic mass is 14.7. The van der Waals surface area contributed by atoms with E-state index in [4.69, 9.17) is 5.26 Å². The molecule has 0 N–H and O–H groups in total. The number of nitriles is 1. The van der Waals surface area contributed by atoms with Crippen molar-refractivity contribution in [3.8, 4) is 6.07 Å². The lowest BCUT2D eigenvalue weighted by molar-refractivity contribution is 0.721. The van der Waals surface area contributed by atoms with Crippen molar-refractivity contribution in [2.75, 3.05) is 6.54 Å². The van der Waals surface area contributed by atoms with Crippen LogP contribution in [-0.2, 0) is 0 Å². The van der Waals surface area contributed by atoms with Crippen LogP contribution in [-0.4, -0.2) is 12.8 Å². The monoisotopic (exact) mass is 148 g/mol. The maximum absolute atomic E-state index is 8.45. The van der Waals surface area contributed by atoms with Crippen LogP contribution in [0.3, 0.4) is 0 Å². The van der Waals surface area contributed by atoms with Gasteiger partial charge in [0, 0.05) is 19.2 Å². The topological polar surface area (TPSA) is 36.1 Å². The second-order valence-electron chi connectivity index (χ2n) is 2.79. The van der Waals surface area contributed by atoms with Crippen LogP contribution in [0.5, 0.6) is 0 Å². The zero-order chi connectivity index (χ0) is 8.10. The molecule has 0 fully saturated rings. The molecule has 0 saturated heterocycles. The summed E-state index contributed by atoms with van der Waals surface area (Å²) in [7, 11) is 0. The minimum Gasteiger partial charge on any atom is -0.293 e. The van der Waals surface area contributed by atoms with Gasteiger partial charge in [0.15, 0.2) is 0 Å². The molecule has 1 unspecified atom stereocenters. The second-order valence-corrected chi connectivity index (χ2v) is 2.79. The predicted octanol–water partition coefficient (Wildman–Crippen LogP) is 1.94. The summed E-state index contributed by atoms with van der Waals surface area (Å²) >= 11 is 0. The first-order valence-electron chi connectivity index (χ1n) is 3.91. The molecule has 1 atom stereocenters. The van der Waals surface area contributed by atoms with Crippen LogP contribution in [0.2, 0.25) is 0 Å². The van der Waals surface area contributed by atoms with Gasteiger partial charge in [0.25, 0.3) is 0 Å². The summed E-state index contributed by atoms with van der Waals surface area (Å²) in [5, 5.41) is 8.45. The van der Waals surface area contributed by atoms with Crippen LogP contribution in [0.15, 0.2) is 16.6 Å². The first-order chi connectivity index (χ1) is 5.34. The Bertz CT molecular complexity index is 220. The molecule has 0 saturated carbocycles. The van der Waals surface area contributed by atoms with Gasteiger partial charge in [0.2, 0.25) is 0 Å². The second kappa shape index (κ2) is 3.92. The Hall–Kier alpha value is -1.10. The fourth-order valence-electron chi connectivity index (χ4n) is 1.11. The highest BCUT2D eigenvalue weighted by Gasteiger charge is 2.07. The third-order valence-electron chi connectivity index (χ3n) is 1.85. The van der Waals surface area contributed by atoms with Crippen molar-refractivity contribution in [3.05, 3.63) is 11.6 Å².